The van der Waals surface area contributed by atoms with E-state index in [2.05, 4.69) is 0 Å². The zero-order chi connectivity index (χ0) is 10.6. The van der Waals surface area contributed by atoms with Gasteiger partial charge in [-0.25, -0.2) is 0 Å². The maximum absolute atomic E-state index is 10.2. The molecule has 0 spiro atoms. The summed E-state index contributed by atoms with van der Waals surface area (Å²) in [6.07, 6.45) is 4.41. The molecule has 80 valence electrons. The Kier molecular flexibility index (Phi) is 3.84. The lowest BCUT2D eigenvalue weighted by atomic mass is 10.1. The molecule has 1 rings (SSSR count). The van der Waals surface area contributed by atoms with E-state index in [0.717, 1.165) is 12.7 Å². The average Bonchev–Trinajstić information content (AvgIpc) is 2.42. The van der Waals surface area contributed by atoms with Crippen molar-refractivity contribution in [3.05, 3.63) is 11.6 Å². The summed E-state index contributed by atoms with van der Waals surface area (Å²) in [5, 5.41) is 0. The molecule has 1 saturated heterocycles. The van der Waals surface area contributed by atoms with Crippen LogP contribution < -0.4 is 0 Å². The molecular weight excluding hydrogens is 180 g/mol. The van der Waals surface area contributed by atoms with E-state index < -0.39 is 5.79 Å². The van der Waals surface area contributed by atoms with Crippen LogP contribution in [0.15, 0.2) is 11.6 Å². The molecule has 0 aliphatic carbocycles. The molecule has 0 amide bonds. The number of hydrogen-bond donors (Lipinski definition) is 0. The number of carbonyl (C=O) groups excluding carboxylic acids is 1. The predicted octanol–water partition coefficient (Wildman–Crippen LogP) is 2.06. The lowest BCUT2D eigenvalue weighted by Gasteiger charge is -2.16. The third-order valence-electron chi connectivity index (χ3n) is 2.16. The highest BCUT2D eigenvalue weighted by Crippen LogP contribution is 2.23. The van der Waals surface area contributed by atoms with E-state index in [9.17, 15) is 4.79 Å². The monoisotopic (exact) mass is 198 g/mol. The lowest BCUT2D eigenvalue weighted by Crippen LogP contribution is -2.20. The first-order valence-corrected chi connectivity index (χ1v) is 4.96. The highest BCUT2D eigenvalue weighted by molar-refractivity contribution is 5.49. The molecule has 14 heavy (non-hydrogen) atoms. The molecule has 0 aromatic carbocycles. The molecule has 0 aromatic rings. The van der Waals surface area contributed by atoms with Crippen LogP contribution in [-0.2, 0) is 14.3 Å². The van der Waals surface area contributed by atoms with Crippen molar-refractivity contribution in [1.29, 1.82) is 0 Å². The summed E-state index contributed by atoms with van der Waals surface area (Å²) in [5.74, 6) is -0.466. The molecule has 1 unspecified atom stereocenters. The van der Waals surface area contributed by atoms with Crippen LogP contribution in [-0.4, -0.2) is 24.8 Å². The van der Waals surface area contributed by atoms with Crippen molar-refractivity contribution in [2.24, 2.45) is 0 Å². The smallest absolute Gasteiger partial charge is 0.163 e. The van der Waals surface area contributed by atoms with Crippen molar-refractivity contribution in [2.45, 2.75) is 45.5 Å². The molecule has 0 saturated carbocycles. The Bertz CT molecular complexity index is 231. The van der Waals surface area contributed by atoms with E-state index in [-0.39, 0.29) is 6.10 Å². The summed E-state index contributed by atoms with van der Waals surface area (Å²) in [4.78, 5) is 10.2. The van der Waals surface area contributed by atoms with Gasteiger partial charge in [0.15, 0.2) is 5.79 Å². The fraction of sp³-hybridized carbons (Fsp3) is 0.727. The lowest BCUT2D eigenvalue weighted by molar-refractivity contribution is -0.133. The third-order valence-corrected chi connectivity index (χ3v) is 2.16. The number of hydrogen-bond acceptors (Lipinski definition) is 3. The SMILES string of the molecule is C/C(=C/C1COC(C)(C)O1)CCC=O. The highest BCUT2D eigenvalue weighted by Gasteiger charge is 2.31. The minimum absolute atomic E-state index is 0.0386. The fourth-order valence-corrected chi connectivity index (χ4v) is 1.48. The Morgan fingerprint density at radius 3 is 2.79 bits per heavy atom. The van der Waals surface area contributed by atoms with Gasteiger partial charge >= 0.3 is 0 Å². The van der Waals surface area contributed by atoms with E-state index in [1.807, 2.05) is 26.8 Å². The van der Waals surface area contributed by atoms with Crippen LogP contribution in [0, 0.1) is 0 Å². The van der Waals surface area contributed by atoms with Crippen molar-refractivity contribution in [3.63, 3.8) is 0 Å². The Labute approximate surface area is 85.1 Å². The summed E-state index contributed by atoms with van der Waals surface area (Å²) in [6.45, 7) is 6.42. The van der Waals surface area contributed by atoms with Crippen molar-refractivity contribution >= 4 is 6.29 Å². The van der Waals surface area contributed by atoms with E-state index in [1.54, 1.807) is 0 Å². The van der Waals surface area contributed by atoms with Gasteiger partial charge in [0.25, 0.3) is 0 Å². The zero-order valence-electron chi connectivity index (χ0n) is 9.08. The summed E-state index contributed by atoms with van der Waals surface area (Å²) in [6, 6.07) is 0. The highest BCUT2D eigenvalue weighted by atomic mass is 16.7. The van der Waals surface area contributed by atoms with Gasteiger partial charge in [-0.15, -0.1) is 0 Å². The average molecular weight is 198 g/mol. The molecule has 0 N–H and O–H groups in total. The normalized spacial score (nSPS) is 26.5. The number of carbonyl (C=O) groups is 1. The van der Waals surface area contributed by atoms with Gasteiger partial charge in [-0.1, -0.05) is 11.6 Å². The van der Waals surface area contributed by atoms with Crippen LogP contribution >= 0.6 is 0 Å². The van der Waals surface area contributed by atoms with Crippen LogP contribution in [0.4, 0.5) is 0 Å². The second-order valence-corrected chi connectivity index (χ2v) is 4.09. The summed E-state index contributed by atoms with van der Waals surface area (Å²) >= 11 is 0. The predicted molar refractivity (Wildman–Crippen MR) is 54.0 cm³/mol. The van der Waals surface area contributed by atoms with Crippen LogP contribution in [0.3, 0.4) is 0 Å². The summed E-state index contributed by atoms with van der Waals surface area (Å²) in [7, 11) is 0. The maximum atomic E-state index is 10.2. The Morgan fingerprint density at radius 2 is 2.29 bits per heavy atom. The van der Waals surface area contributed by atoms with Crippen LogP contribution in [0.25, 0.3) is 0 Å². The first-order valence-electron chi connectivity index (χ1n) is 4.96. The second-order valence-electron chi connectivity index (χ2n) is 4.09. The molecule has 1 atom stereocenters. The minimum Gasteiger partial charge on any atom is -0.347 e. The van der Waals surface area contributed by atoms with Crippen molar-refractivity contribution in [1.82, 2.24) is 0 Å². The van der Waals surface area contributed by atoms with Gasteiger partial charge in [0.2, 0.25) is 0 Å². The Hall–Kier alpha value is -0.670. The summed E-state index contributed by atoms with van der Waals surface area (Å²) in [5.41, 5.74) is 1.18. The van der Waals surface area contributed by atoms with Gasteiger partial charge < -0.3 is 14.3 Å². The number of allylic oxidation sites excluding steroid dienone is 1. The quantitative estimate of drug-likeness (QED) is 0.512. The Balaban J connectivity index is 2.40. The van der Waals surface area contributed by atoms with Gasteiger partial charge in [-0.2, -0.15) is 0 Å². The van der Waals surface area contributed by atoms with Crippen molar-refractivity contribution in [3.8, 4) is 0 Å². The van der Waals surface area contributed by atoms with E-state index in [1.165, 1.54) is 5.57 Å². The fourth-order valence-electron chi connectivity index (χ4n) is 1.48. The molecule has 0 bridgehead atoms. The van der Waals surface area contributed by atoms with Gasteiger partial charge in [0.05, 0.1) is 6.61 Å². The Morgan fingerprint density at radius 1 is 1.57 bits per heavy atom. The molecule has 1 fully saturated rings. The van der Waals surface area contributed by atoms with Gasteiger partial charge in [0, 0.05) is 6.42 Å². The van der Waals surface area contributed by atoms with Crippen molar-refractivity contribution < 1.29 is 14.3 Å². The van der Waals surface area contributed by atoms with Crippen molar-refractivity contribution in [2.75, 3.05) is 6.61 Å². The number of ether oxygens (including phenoxy) is 2. The summed E-state index contributed by atoms with van der Waals surface area (Å²) < 4.78 is 11.0. The molecule has 3 nitrogen and oxygen atoms in total. The zero-order valence-corrected chi connectivity index (χ0v) is 9.08. The third kappa shape index (κ3) is 3.60. The van der Waals surface area contributed by atoms with Crippen LogP contribution in [0.5, 0.6) is 0 Å². The first kappa shape index (κ1) is 11.4. The van der Waals surface area contributed by atoms with E-state index in [4.69, 9.17) is 9.47 Å². The number of aldehydes is 1. The molecule has 1 heterocycles. The number of rotatable bonds is 4. The van der Waals surface area contributed by atoms with Gasteiger partial charge in [0.1, 0.15) is 12.4 Å². The molecule has 0 radical (unpaired) electrons. The second kappa shape index (κ2) is 4.71. The molecule has 1 aliphatic rings. The molecule has 3 heteroatoms. The molecular formula is C11H18O3. The van der Waals surface area contributed by atoms with Gasteiger partial charge in [-0.3, -0.25) is 0 Å². The molecule has 0 aromatic heterocycles. The van der Waals surface area contributed by atoms with E-state index in [0.29, 0.717) is 13.0 Å². The van der Waals surface area contributed by atoms with Gasteiger partial charge in [-0.05, 0) is 27.2 Å². The van der Waals surface area contributed by atoms with Crippen LogP contribution in [0.2, 0.25) is 0 Å². The standard InChI is InChI=1S/C11H18O3/c1-9(5-4-6-12)7-10-8-13-11(2,3)14-10/h6-7,10H,4-5,8H2,1-3H3/b9-7-. The van der Waals surface area contributed by atoms with Crippen LogP contribution in [0.1, 0.15) is 33.6 Å². The molecule has 1 aliphatic heterocycles. The minimum atomic E-state index is -0.466. The largest absolute Gasteiger partial charge is 0.347 e. The first-order chi connectivity index (χ1) is 6.53. The maximum Gasteiger partial charge on any atom is 0.163 e. The van der Waals surface area contributed by atoms with E-state index >= 15 is 0 Å². The topological polar surface area (TPSA) is 35.5 Å².